The van der Waals surface area contributed by atoms with Crippen molar-refractivity contribution in [3.8, 4) is 0 Å². The van der Waals surface area contributed by atoms with Crippen LogP contribution in [0.25, 0.3) is 0 Å². The summed E-state index contributed by atoms with van der Waals surface area (Å²) < 4.78 is 22.0. The van der Waals surface area contributed by atoms with Crippen molar-refractivity contribution in [3.63, 3.8) is 0 Å². The minimum Gasteiger partial charge on any atom is -0.379 e. The molecular weight excluding hydrogens is 933 g/mol. The summed E-state index contributed by atoms with van der Waals surface area (Å²) in [6.45, 7) is 10.5. The molecule has 392 valence electrons. The van der Waals surface area contributed by atoms with E-state index in [1.54, 1.807) is 51.1 Å². The molecule has 3 atom stereocenters. The van der Waals surface area contributed by atoms with E-state index in [1.165, 1.54) is 6.08 Å². The van der Waals surface area contributed by atoms with Gasteiger partial charge in [0.2, 0.25) is 23.6 Å². The highest BCUT2D eigenvalue weighted by Gasteiger charge is 2.31. The maximum absolute atomic E-state index is 13.4. The highest BCUT2D eigenvalue weighted by Crippen LogP contribution is 2.31. The van der Waals surface area contributed by atoms with Gasteiger partial charge in [0.1, 0.15) is 5.82 Å². The lowest BCUT2D eigenvalue weighted by Gasteiger charge is -2.35. The number of hydrogen-bond donors (Lipinski definition) is 6. The third-order valence-corrected chi connectivity index (χ3v) is 14.3. The van der Waals surface area contributed by atoms with Crippen LogP contribution in [0.15, 0.2) is 49.1 Å². The first-order chi connectivity index (χ1) is 34.4. The van der Waals surface area contributed by atoms with Gasteiger partial charge in [-0.25, -0.2) is 4.98 Å². The number of aromatic nitrogens is 1. The normalized spacial score (nSPS) is 18.3. The van der Waals surface area contributed by atoms with Crippen molar-refractivity contribution in [2.75, 3.05) is 116 Å². The summed E-state index contributed by atoms with van der Waals surface area (Å²) in [6, 6.07) is 10.5. The molecule has 0 aliphatic carbocycles. The van der Waals surface area contributed by atoms with E-state index in [0.29, 0.717) is 147 Å². The van der Waals surface area contributed by atoms with Gasteiger partial charge >= 0.3 is 0 Å². The van der Waals surface area contributed by atoms with Gasteiger partial charge in [-0.05, 0) is 81.0 Å². The minimum absolute atomic E-state index is 0.0270. The van der Waals surface area contributed by atoms with Gasteiger partial charge in [-0.2, -0.15) is 11.8 Å². The van der Waals surface area contributed by atoms with Crippen LogP contribution in [0.4, 0.5) is 11.5 Å². The van der Waals surface area contributed by atoms with Gasteiger partial charge in [0.25, 0.3) is 11.8 Å². The number of carbonyl (C=O) groups is 6. The fourth-order valence-corrected chi connectivity index (χ4v) is 9.94. The molecule has 1 aromatic carbocycles. The Bertz CT molecular complexity index is 2020. The number of unbranched alkanes of at least 4 members (excludes halogenated alkanes) is 2. The van der Waals surface area contributed by atoms with Crippen molar-refractivity contribution < 1.29 is 47.7 Å². The van der Waals surface area contributed by atoms with E-state index in [9.17, 15) is 28.8 Å². The van der Waals surface area contributed by atoms with Crippen LogP contribution in [0.5, 0.6) is 0 Å². The summed E-state index contributed by atoms with van der Waals surface area (Å²) in [5, 5.41) is 9.34. The number of nitrogens with one attached hydrogen (secondary N) is 3. The lowest BCUT2D eigenvalue weighted by molar-refractivity contribution is -0.132. The van der Waals surface area contributed by atoms with Gasteiger partial charge < -0.3 is 66.8 Å². The number of amides is 6. The average Bonchev–Trinajstić information content (AvgIpc) is 3.70. The zero-order valence-corrected chi connectivity index (χ0v) is 42.0. The molecule has 71 heavy (non-hydrogen) atoms. The van der Waals surface area contributed by atoms with Crippen LogP contribution in [0.1, 0.15) is 96.5 Å². The van der Waals surface area contributed by atoms with E-state index >= 15 is 0 Å². The molecule has 0 spiro atoms. The molecule has 2 aromatic rings. The number of benzene rings is 1. The molecule has 3 unspecified atom stereocenters. The van der Waals surface area contributed by atoms with Crippen molar-refractivity contribution in [3.05, 3.63) is 65.9 Å². The molecule has 3 aliphatic heterocycles. The summed E-state index contributed by atoms with van der Waals surface area (Å²) in [6.07, 6.45) is 7.98. The van der Waals surface area contributed by atoms with Gasteiger partial charge in [-0.3, -0.25) is 28.8 Å². The lowest BCUT2D eigenvalue weighted by atomic mass is 9.92. The van der Waals surface area contributed by atoms with Gasteiger partial charge in [-0.1, -0.05) is 13.0 Å². The quantitative estimate of drug-likeness (QED) is 0.0467. The summed E-state index contributed by atoms with van der Waals surface area (Å²) in [5.41, 5.74) is 19.9. The van der Waals surface area contributed by atoms with E-state index in [4.69, 9.17) is 41.1 Å². The largest absolute Gasteiger partial charge is 0.379 e. The Balaban J connectivity index is 0.816. The summed E-state index contributed by atoms with van der Waals surface area (Å²) in [4.78, 5) is 84.9. The fourth-order valence-electron chi connectivity index (χ4n) is 8.49. The number of ether oxygens (including phenoxy) is 4. The van der Waals surface area contributed by atoms with E-state index in [-0.39, 0.29) is 66.1 Å². The predicted molar refractivity (Wildman–Crippen MR) is 272 cm³/mol. The molecule has 0 bridgehead atoms. The van der Waals surface area contributed by atoms with Crippen LogP contribution in [-0.4, -0.2) is 183 Å². The van der Waals surface area contributed by atoms with Crippen molar-refractivity contribution in [1.82, 2.24) is 30.3 Å². The van der Waals surface area contributed by atoms with Crippen molar-refractivity contribution in [1.29, 1.82) is 0 Å². The van der Waals surface area contributed by atoms with Crippen LogP contribution < -0.4 is 33.2 Å². The molecule has 3 fully saturated rings. The van der Waals surface area contributed by atoms with E-state index in [2.05, 4.69) is 22.5 Å². The Morgan fingerprint density at radius 1 is 0.690 bits per heavy atom. The Kier molecular flexibility index (Phi) is 25.0. The summed E-state index contributed by atoms with van der Waals surface area (Å²) >= 11 is 1.84. The number of likely N-dealkylation sites (tertiary alicyclic amines) is 1. The predicted octanol–water partition coefficient (Wildman–Crippen LogP) is 2.29. The molecule has 6 amide bonds. The van der Waals surface area contributed by atoms with Crippen LogP contribution in [0, 0.1) is 0 Å². The summed E-state index contributed by atoms with van der Waals surface area (Å²) in [7, 11) is 0. The molecule has 0 saturated carbocycles. The van der Waals surface area contributed by atoms with Gasteiger partial charge in [-0.15, -0.1) is 0 Å². The molecule has 9 N–H and O–H groups in total. The standard InChI is InChI=1S/C50H76N10O10S/c1-2-45(63)58-21-16-36(17-22-58)41-15-14-39(48(53)65)49(57-41)56-38-12-10-37(11-13-38)50(66)60-25-23-59(24-26-60)46(64)9-5-6-19-54-44(62)18-27-67-29-31-69-33-34-70-32-30-68-28-20-55-43(61)8-4-3-7-42-47(52)40(51)35-71-42/h2,10-15,36,40,42,47H,1,3-9,16-35,51-52H2,(H2,53,65)(H,54,62)(H,55,61)(H,56,57). The second kappa shape index (κ2) is 31.3. The smallest absolute Gasteiger partial charge is 0.253 e. The Labute approximate surface area is 422 Å². The van der Waals surface area contributed by atoms with Crippen molar-refractivity contribution >= 4 is 58.7 Å². The number of pyridine rings is 1. The number of hydrogen-bond acceptors (Lipinski definition) is 15. The first kappa shape index (κ1) is 56.8. The molecule has 3 saturated heterocycles. The number of nitrogens with two attached hydrogens (primary N) is 3. The second-order valence-electron chi connectivity index (χ2n) is 17.9. The highest BCUT2D eigenvalue weighted by atomic mass is 32.2. The van der Waals surface area contributed by atoms with Crippen LogP contribution >= 0.6 is 11.8 Å². The molecule has 21 heteroatoms. The molecule has 1 aromatic heterocycles. The number of anilines is 2. The second-order valence-corrected chi connectivity index (χ2v) is 19.2. The Morgan fingerprint density at radius 3 is 1.93 bits per heavy atom. The monoisotopic (exact) mass is 1010 g/mol. The first-order valence-corrected chi connectivity index (χ1v) is 26.1. The topological polar surface area (TPSA) is 276 Å². The summed E-state index contributed by atoms with van der Waals surface area (Å²) in [5.74, 6) is 0.453. The SMILES string of the molecule is C=CC(=O)N1CCC(c2ccc(C(N)=O)c(Nc3ccc(C(=O)N4CCN(C(=O)CCCCNC(=O)CCOCCOCCOCCOCCNC(=O)CCCCC5SCC(N)C5N)CC4)cc3)n2)CC1. The van der Waals surface area contributed by atoms with Gasteiger partial charge in [0.05, 0.1) is 58.4 Å². The van der Waals surface area contributed by atoms with Gasteiger partial charge in [0, 0.05) is 118 Å². The maximum Gasteiger partial charge on any atom is 0.253 e. The maximum atomic E-state index is 13.4. The number of rotatable bonds is 31. The van der Waals surface area contributed by atoms with Crippen LogP contribution in [0.2, 0.25) is 0 Å². The Morgan fingerprint density at radius 2 is 1.30 bits per heavy atom. The molecule has 5 rings (SSSR count). The number of piperazine rings is 1. The average molecular weight is 1010 g/mol. The zero-order chi connectivity index (χ0) is 50.8. The molecule has 4 heterocycles. The number of nitrogens with zero attached hydrogens (tertiary/aromatic N) is 4. The Hall–Kier alpha value is -5.16. The highest BCUT2D eigenvalue weighted by molar-refractivity contribution is 8.00. The van der Waals surface area contributed by atoms with E-state index in [0.717, 1.165) is 43.6 Å². The molecule has 20 nitrogen and oxygen atoms in total. The third-order valence-electron chi connectivity index (χ3n) is 12.8. The van der Waals surface area contributed by atoms with E-state index in [1.807, 2.05) is 11.8 Å². The lowest BCUT2D eigenvalue weighted by Crippen LogP contribution is -2.50. The first-order valence-electron chi connectivity index (χ1n) is 25.1. The van der Waals surface area contributed by atoms with Gasteiger partial charge in [0.15, 0.2) is 0 Å². The van der Waals surface area contributed by atoms with Crippen LogP contribution in [0.3, 0.4) is 0 Å². The van der Waals surface area contributed by atoms with Crippen LogP contribution in [-0.2, 0) is 38.1 Å². The van der Waals surface area contributed by atoms with Crippen molar-refractivity contribution in [2.45, 2.75) is 87.5 Å². The number of carbonyl (C=O) groups excluding carboxylic acids is 6. The minimum atomic E-state index is -0.617. The van der Waals surface area contributed by atoms with E-state index < -0.39 is 5.91 Å². The number of piperidine rings is 1. The number of primary amides is 1. The number of thioether (sulfide) groups is 1. The third kappa shape index (κ3) is 19.8. The molecular formula is C50H76N10O10S. The molecule has 3 aliphatic rings. The van der Waals surface area contributed by atoms with Crippen molar-refractivity contribution in [2.24, 2.45) is 17.2 Å². The molecule has 0 radical (unpaired) electrons. The fraction of sp³-hybridized carbons (Fsp3) is 0.620. The zero-order valence-electron chi connectivity index (χ0n) is 41.2.